The Bertz CT molecular complexity index is 466. The van der Waals surface area contributed by atoms with Crippen molar-refractivity contribution in [2.45, 2.75) is 31.8 Å². The van der Waals surface area contributed by atoms with Crippen LogP contribution < -0.4 is 11.1 Å². The molecule has 0 aliphatic heterocycles. The molecular weight excluding hydrogens is 312 g/mol. The number of amides is 1. The zero-order valence-corrected chi connectivity index (χ0v) is 13.9. The summed E-state index contributed by atoms with van der Waals surface area (Å²) in [6.45, 7) is 2.03. The second-order valence-corrected chi connectivity index (χ2v) is 5.26. The number of nitrogens with one attached hydrogen (secondary N) is 1. The van der Waals surface area contributed by atoms with Crippen molar-refractivity contribution in [3.63, 3.8) is 0 Å². The van der Waals surface area contributed by atoms with Gasteiger partial charge in [0.15, 0.2) is 0 Å². The van der Waals surface area contributed by atoms with Gasteiger partial charge in [0, 0.05) is 12.1 Å². The van der Waals surface area contributed by atoms with Gasteiger partial charge in [0.1, 0.15) is 11.6 Å². The van der Waals surface area contributed by atoms with E-state index in [2.05, 4.69) is 5.32 Å². The summed E-state index contributed by atoms with van der Waals surface area (Å²) in [5, 5.41) is 2.66. The molecule has 4 nitrogen and oxygen atoms in total. The minimum absolute atomic E-state index is 0. The zero-order valence-electron chi connectivity index (χ0n) is 13.1. The van der Waals surface area contributed by atoms with Crippen LogP contribution in [-0.2, 0) is 4.79 Å². The fourth-order valence-electron chi connectivity index (χ4n) is 2.14. The molecule has 0 radical (unpaired) electrons. The molecule has 0 fully saturated rings. The third kappa shape index (κ3) is 5.51. The summed E-state index contributed by atoms with van der Waals surface area (Å²) in [7, 11) is 3.41. The van der Waals surface area contributed by atoms with Gasteiger partial charge in [-0.05, 0) is 32.6 Å². The van der Waals surface area contributed by atoms with E-state index in [0.717, 1.165) is 6.42 Å². The molecule has 2 unspecified atom stereocenters. The molecule has 0 bridgehead atoms. The highest BCUT2D eigenvalue weighted by atomic mass is 35.5. The Morgan fingerprint density at radius 3 is 2.32 bits per heavy atom. The molecule has 22 heavy (non-hydrogen) atoms. The number of hydrogen-bond donors (Lipinski definition) is 2. The van der Waals surface area contributed by atoms with Crippen molar-refractivity contribution in [3.05, 3.63) is 35.4 Å². The molecule has 0 heterocycles. The average molecular weight is 336 g/mol. The first-order chi connectivity index (χ1) is 9.88. The van der Waals surface area contributed by atoms with Gasteiger partial charge < -0.3 is 16.0 Å². The van der Waals surface area contributed by atoms with Crippen molar-refractivity contribution in [1.29, 1.82) is 0 Å². The van der Waals surface area contributed by atoms with E-state index < -0.39 is 23.7 Å². The molecular formula is C15H24ClF2N3O. The first-order valence-electron chi connectivity index (χ1n) is 7.02. The highest BCUT2D eigenvalue weighted by Gasteiger charge is 2.23. The van der Waals surface area contributed by atoms with Gasteiger partial charge in [-0.15, -0.1) is 12.4 Å². The molecule has 1 amide bonds. The summed E-state index contributed by atoms with van der Waals surface area (Å²) >= 11 is 0. The summed E-state index contributed by atoms with van der Waals surface area (Å²) in [5.74, 6) is -1.55. The highest BCUT2D eigenvalue weighted by Crippen LogP contribution is 2.23. The Balaban J connectivity index is 0.00000441. The molecule has 0 spiro atoms. The fraction of sp³-hybridized carbons (Fsp3) is 0.533. The predicted molar refractivity (Wildman–Crippen MR) is 85.9 cm³/mol. The lowest BCUT2D eigenvalue weighted by Gasteiger charge is -2.26. The molecule has 0 aliphatic carbocycles. The molecule has 2 atom stereocenters. The van der Waals surface area contributed by atoms with Gasteiger partial charge in [-0.1, -0.05) is 19.4 Å². The molecule has 0 aliphatic rings. The maximum Gasteiger partial charge on any atom is 0.236 e. The third-order valence-electron chi connectivity index (χ3n) is 3.36. The van der Waals surface area contributed by atoms with E-state index in [1.807, 2.05) is 6.92 Å². The van der Waals surface area contributed by atoms with Crippen LogP contribution in [0.1, 0.15) is 31.4 Å². The van der Waals surface area contributed by atoms with Crippen molar-refractivity contribution in [1.82, 2.24) is 10.2 Å². The van der Waals surface area contributed by atoms with E-state index in [4.69, 9.17) is 5.73 Å². The van der Waals surface area contributed by atoms with Crippen LogP contribution in [0.4, 0.5) is 8.78 Å². The summed E-state index contributed by atoms with van der Waals surface area (Å²) in [6.07, 6.45) is 1.38. The second kappa shape index (κ2) is 9.71. The van der Waals surface area contributed by atoms with Gasteiger partial charge in [-0.25, -0.2) is 8.78 Å². The number of rotatable bonds is 7. The fourth-order valence-corrected chi connectivity index (χ4v) is 2.14. The molecule has 1 aromatic carbocycles. The second-order valence-electron chi connectivity index (χ2n) is 5.26. The smallest absolute Gasteiger partial charge is 0.236 e. The number of hydrogen-bond acceptors (Lipinski definition) is 3. The lowest BCUT2D eigenvalue weighted by atomic mass is 10.0. The molecule has 7 heteroatoms. The molecule has 1 rings (SSSR count). The minimum atomic E-state index is -0.624. The number of carbonyl (C=O) groups excluding carboxylic acids is 1. The third-order valence-corrected chi connectivity index (χ3v) is 3.36. The Hall–Kier alpha value is -1.24. The predicted octanol–water partition coefficient (Wildman–Crippen LogP) is 2.23. The standard InChI is InChI=1S/C15H23F2N3O.ClH/c1-4-6-12(18)15(21)19-9-13(20(2)3)14-10(16)7-5-8-11(14)17;/h5,7-8,12-13H,4,6,9,18H2,1-3H3,(H,19,21);1H. The quantitative estimate of drug-likeness (QED) is 0.803. The van der Waals surface area contributed by atoms with Crippen molar-refractivity contribution in [2.75, 3.05) is 20.6 Å². The van der Waals surface area contributed by atoms with Crippen molar-refractivity contribution < 1.29 is 13.6 Å². The minimum Gasteiger partial charge on any atom is -0.353 e. The first kappa shape index (κ1) is 20.8. The Labute approximate surface area is 136 Å². The van der Waals surface area contributed by atoms with Gasteiger partial charge in [-0.2, -0.15) is 0 Å². The molecule has 0 saturated heterocycles. The van der Waals surface area contributed by atoms with Gasteiger partial charge >= 0.3 is 0 Å². The van der Waals surface area contributed by atoms with E-state index >= 15 is 0 Å². The van der Waals surface area contributed by atoms with Crippen LogP contribution in [0.5, 0.6) is 0 Å². The maximum atomic E-state index is 13.9. The molecule has 126 valence electrons. The summed E-state index contributed by atoms with van der Waals surface area (Å²) < 4.78 is 27.7. The van der Waals surface area contributed by atoms with Gasteiger partial charge in [0.2, 0.25) is 5.91 Å². The average Bonchev–Trinajstić information content (AvgIpc) is 2.41. The Morgan fingerprint density at radius 1 is 1.32 bits per heavy atom. The molecule has 3 N–H and O–H groups in total. The maximum absolute atomic E-state index is 13.9. The Morgan fingerprint density at radius 2 is 1.86 bits per heavy atom. The Kier molecular flexibility index (Phi) is 9.16. The summed E-state index contributed by atoms with van der Waals surface area (Å²) in [6, 6.07) is 2.54. The van der Waals surface area contributed by atoms with Crippen LogP contribution in [0.3, 0.4) is 0 Å². The SMILES string of the molecule is CCCC(N)C(=O)NCC(c1c(F)cccc1F)N(C)C.Cl. The van der Waals surface area contributed by atoms with E-state index in [9.17, 15) is 13.6 Å². The van der Waals surface area contributed by atoms with Crippen LogP contribution in [0.25, 0.3) is 0 Å². The largest absolute Gasteiger partial charge is 0.353 e. The molecule has 0 aromatic heterocycles. The van der Waals surface area contributed by atoms with Crippen LogP contribution in [0, 0.1) is 11.6 Å². The number of nitrogens with two attached hydrogens (primary N) is 1. The normalized spacial score (nSPS) is 13.4. The van der Waals surface area contributed by atoms with Crippen LogP contribution in [0.2, 0.25) is 0 Å². The first-order valence-corrected chi connectivity index (χ1v) is 7.02. The summed E-state index contributed by atoms with van der Waals surface area (Å²) in [4.78, 5) is 13.5. The van der Waals surface area contributed by atoms with E-state index in [1.54, 1.807) is 19.0 Å². The van der Waals surface area contributed by atoms with E-state index in [1.165, 1.54) is 18.2 Å². The zero-order chi connectivity index (χ0) is 16.0. The van der Waals surface area contributed by atoms with Crippen molar-refractivity contribution in [2.24, 2.45) is 5.73 Å². The van der Waals surface area contributed by atoms with E-state index in [0.29, 0.717) is 6.42 Å². The van der Waals surface area contributed by atoms with Gasteiger partial charge in [0.05, 0.1) is 12.1 Å². The highest BCUT2D eigenvalue weighted by molar-refractivity contribution is 5.85. The van der Waals surface area contributed by atoms with E-state index in [-0.39, 0.29) is 30.4 Å². The van der Waals surface area contributed by atoms with Gasteiger partial charge in [-0.3, -0.25) is 4.79 Å². The number of likely N-dealkylation sites (N-methyl/N-ethyl adjacent to an activating group) is 1. The summed E-state index contributed by atoms with van der Waals surface area (Å²) in [5.41, 5.74) is 5.67. The monoisotopic (exact) mass is 335 g/mol. The number of nitrogens with zero attached hydrogens (tertiary/aromatic N) is 1. The van der Waals surface area contributed by atoms with Crippen LogP contribution in [0.15, 0.2) is 18.2 Å². The van der Waals surface area contributed by atoms with Gasteiger partial charge in [0.25, 0.3) is 0 Å². The lowest BCUT2D eigenvalue weighted by molar-refractivity contribution is -0.122. The van der Waals surface area contributed by atoms with Crippen molar-refractivity contribution >= 4 is 18.3 Å². The topological polar surface area (TPSA) is 58.4 Å². The molecule has 1 aromatic rings. The number of carbonyl (C=O) groups is 1. The number of halogens is 3. The lowest BCUT2D eigenvalue weighted by Crippen LogP contribution is -2.44. The van der Waals surface area contributed by atoms with Crippen LogP contribution in [-0.4, -0.2) is 37.5 Å². The molecule has 0 saturated carbocycles. The number of benzene rings is 1. The van der Waals surface area contributed by atoms with Crippen molar-refractivity contribution in [3.8, 4) is 0 Å². The van der Waals surface area contributed by atoms with Crippen LogP contribution >= 0.6 is 12.4 Å².